The summed E-state index contributed by atoms with van der Waals surface area (Å²) in [4.78, 5) is 15.1. The van der Waals surface area contributed by atoms with Gasteiger partial charge < -0.3 is 24.1 Å². The van der Waals surface area contributed by atoms with Crippen LogP contribution in [0.15, 0.2) is 42.7 Å². The third-order valence-electron chi connectivity index (χ3n) is 7.12. The van der Waals surface area contributed by atoms with Crippen molar-refractivity contribution in [3.8, 4) is 5.75 Å². The predicted octanol–water partition coefficient (Wildman–Crippen LogP) is 3.31. The molecular weight excluding hydrogens is 476 g/mol. The minimum Gasteiger partial charge on any atom is -0.493 e. The standard InChI is InChI=1S/C28H31ClN4O3/c1-28(2)35-16-18(17-36-28)15-34-21-7-4-19(5-8-21)26-25-22(23-14-20(29)6-9-24(23)32-25)10-13-33(26)27-30-11-3-12-31-27/h3-5,7-9,11-12,14,18,20,26,32H,6,10,13,15-17H2,1-2H3/t20?,26-/m0/s1. The largest absolute Gasteiger partial charge is 0.493 e. The molecule has 1 fully saturated rings. The number of fused-ring (bicyclic) bond motifs is 3. The van der Waals surface area contributed by atoms with E-state index in [4.69, 9.17) is 25.8 Å². The summed E-state index contributed by atoms with van der Waals surface area (Å²) in [5.41, 5.74) is 3.68. The molecule has 0 radical (unpaired) electrons. The Bertz CT molecular complexity index is 1330. The fourth-order valence-corrected chi connectivity index (χ4v) is 5.45. The quantitative estimate of drug-likeness (QED) is 0.535. The number of H-pyrrole nitrogens is 1. The Morgan fingerprint density at radius 1 is 1.14 bits per heavy atom. The van der Waals surface area contributed by atoms with Gasteiger partial charge in [-0.2, -0.15) is 0 Å². The first-order valence-electron chi connectivity index (χ1n) is 12.6. The number of aromatic nitrogens is 3. The zero-order chi connectivity index (χ0) is 24.7. The first-order chi connectivity index (χ1) is 17.5. The van der Waals surface area contributed by atoms with E-state index in [1.165, 1.54) is 16.5 Å². The van der Waals surface area contributed by atoms with Crippen LogP contribution >= 0.6 is 11.6 Å². The van der Waals surface area contributed by atoms with Crippen molar-refractivity contribution in [3.63, 3.8) is 0 Å². The maximum atomic E-state index is 6.48. The van der Waals surface area contributed by atoms with Gasteiger partial charge in [0.05, 0.1) is 31.2 Å². The number of ether oxygens (including phenoxy) is 3. The van der Waals surface area contributed by atoms with E-state index in [1.807, 2.05) is 32.0 Å². The second-order valence-corrected chi connectivity index (χ2v) is 10.7. The highest BCUT2D eigenvalue weighted by Gasteiger charge is 2.33. The second-order valence-electron chi connectivity index (χ2n) is 10.1. The smallest absolute Gasteiger partial charge is 0.226 e. The Labute approximate surface area is 215 Å². The summed E-state index contributed by atoms with van der Waals surface area (Å²) in [5, 5.41) is 2.45. The molecule has 6 rings (SSSR count). The lowest BCUT2D eigenvalue weighted by molar-refractivity contribution is -0.264. The van der Waals surface area contributed by atoms with Gasteiger partial charge in [-0.05, 0) is 56.0 Å². The van der Waals surface area contributed by atoms with E-state index in [-0.39, 0.29) is 17.3 Å². The zero-order valence-electron chi connectivity index (χ0n) is 20.6. The molecule has 3 aliphatic rings. The average Bonchev–Trinajstić information content (AvgIpc) is 3.26. The Balaban J connectivity index is 1.28. The molecule has 0 amide bonds. The van der Waals surface area contributed by atoms with Crippen LogP contribution in [0.25, 0.3) is 12.2 Å². The SMILES string of the molecule is CC1(C)OCC(COc2ccc([C@H]3c4[nH]c5c(c4CCN3c3ncccn3)=CC(Cl)CC=5)cc2)CO1. The van der Waals surface area contributed by atoms with Gasteiger partial charge in [-0.25, -0.2) is 9.97 Å². The second kappa shape index (κ2) is 9.54. The van der Waals surface area contributed by atoms with E-state index in [9.17, 15) is 0 Å². The Morgan fingerprint density at radius 3 is 2.64 bits per heavy atom. The van der Waals surface area contributed by atoms with Crippen LogP contribution in [0.3, 0.4) is 0 Å². The monoisotopic (exact) mass is 506 g/mol. The predicted molar refractivity (Wildman–Crippen MR) is 140 cm³/mol. The van der Waals surface area contributed by atoms with Gasteiger partial charge in [0.15, 0.2) is 5.79 Å². The van der Waals surface area contributed by atoms with Gasteiger partial charge >= 0.3 is 0 Å². The minimum atomic E-state index is -0.511. The maximum Gasteiger partial charge on any atom is 0.226 e. The number of hydrogen-bond acceptors (Lipinski definition) is 6. The van der Waals surface area contributed by atoms with Crippen molar-refractivity contribution >= 4 is 29.7 Å². The molecule has 36 heavy (non-hydrogen) atoms. The topological polar surface area (TPSA) is 72.5 Å². The van der Waals surface area contributed by atoms with E-state index >= 15 is 0 Å². The number of benzene rings is 1. The Hall–Kier alpha value is -2.87. The van der Waals surface area contributed by atoms with Crippen LogP contribution in [0.4, 0.5) is 5.95 Å². The first-order valence-corrected chi connectivity index (χ1v) is 13.0. The molecule has 2 atom stereocenters. The summed E-state index contributed by atoms with van der Waals surface area (Å²) < 4.78 is 17.6. The molecule has 7 nitrogen and oxygen atoms in total. The van der Waals surface area contributed by atoms with Crippen molar-refractivity contribution in [1.82, 2.24) is 15.0 Å². The number of nitrogens with zero attached hydrogens (tertiary/aromatic N) is 3. The fraction of sp³-hybridized carbons (Fsp3) is 0.429. The van der Waals surface area contributed by atoms with Crippen LogP contribution in [0.1, 0.15) is 43.1 Å². The molecule has 1 aromatic carbocycles. The summed E-state index contributed by atoms with van der Waals surface area (Å²) in [6.07, 6.45) is 9.74. The van der Waals surface area contributed by atoms with Crippen molar-refractivity contribution < 1.29 is 14.2 Å². The maximum absolute atomic E-state index is 6.48. The molecular formula is C28H31ClN4O3. The van der Waals surface area contributed by atoms with Crippen LogP contribution in [0, 0.1) is 5.92 Å². The molecule has 4 heterocycles. The van der Waals surface area contributed by atoms with Gasteiger partial charge in [0.25, 0.3) is 0 Å². The number of anilines is 1. The first kappa shape index (κ1) is 23.5. The summed E-state index contributed by atoms with van der Waals surface area (Å²) >= 11 is 6.48. The van der Waals surface area contributed by atoms with Crippen LogP contribution < -0.4 is 20.2 Å². The van der Waals surface area contributed by atoms with Gasteiger partial charge in [0, 0.05) is 41.1 Å². The zero-order valence-corrected chi connectivity index (χ0v) is 21.4. The third-order valence-corrected chi connectivity index (χ3v) is 7.42. The molecule has 1 N–H and O–H groups in total. The van der Waals surface area contributed by atoms with Gasteiger partial charge in [-0.1, -0.05) is 24.3 Å². The molecule has 188 valence electrons. The van der Waals surface area contributed by atoms with Gasteiger partial charge in [0.1, 0.15) is 5.75 Å². The van der Waals surface area contributed by atoms with Crippen LogP contribution in [0.5, 0.6) is 5.75 Å². The Morgan fingerprint density at radius 2 is 1.89 bits per heavy atom. The lowest BCUT2D eigenvalue weighted by atomic mass is 9.92. The molecule has 2 aromatic heterocycles. The van der Waals surface area contributed by atoms with E-state index < -0.39 is 5.79 Å². The number of nitrogens with one attached hydrogen (secondary N) is 1. The van der Waals surface area contributed by atoms with Gasteiger partial charge in [-0.3, -0.25) is 0 Å². The summed E-state index contributed by atoms with van der Waals surface area (Å²) in [7, 11) is 0. The molecule has 2 aliphatic heterocycles. The number of rotatable bonds is 5. The summed E-state index contributed by atoms with van der Waals surface area (Å²) in [5.74, 6) is 1.26. The van der Waals surface area contributed by atoms with E-state index in [0.717, 1.165) is 42.0 Å². The lowest BCUT2D eigenvalue weighted by Gasteiger charge is -2.36. The Kier molecular flexibility index (Phi) is 6.23. The molecule has 0 saturated carbocycles. The molecule has 1 saturated heterocycles. The van der Waals surface area contributed by atoms with E-state index in [1.54, 1.807) is 12.4 Å². The molecule has 8 heteroatoms. The highest BCUT2D eigenvalue weighted by atomic mass is 35.5. The average molecular weight is 507 g/mol. The molecule has 0 spiro atoms. The molecule has 1 aliphatic carbocycles. The van der Waals surface area contributed by atoms with Crippen LogP contribution in [0.2, 0.25) is 0 Å². The summed E-state index contributed by atoms with van der Waals surface area (Å²) in [6.45, 7) is 6.53. The number of alkyl halides is 1. The number of hydrogen-bond donors (Lipinski definition) is 1. The highest BCUT2D eigenvalue weighted by Crippen LogP contribution is 2.35. The number of aromatic amines is 1. The van der Waals surface area contributed by atoms with Crippen molar-refractivity contribution in [2.45, 2.75) is 43.9 Å². The third kappa shape index (κ3) is 4.63. The number of halogens is 1. The van der Waals surface area contributed by atoms with Crippen LogP contribution in [-0.4, -0.2) is 52.5 Å². The molecule has 3 aromatic rings. The van der Waals surface area contributed by atoms with Crippen molar-refractivity contribution in [3.05, 3.63) is 70.1 Å². The van der Waals surface area contributed by atoms with Gasteiger partial charge in [-0.15, -0.1) is 11.6 Å². The van der Waals surface area contributed by atoms with E-state index in [2.05, 4.69) is 44.1 Å². The van der Waals surface area contributed by atoms with Crippen LogP contribution in [-0.2, 0) is 15.9 Å². The van der Waals surface area contributed by atoms with Crippen molar-refractivity contribution in [2.24, 2.45) is 5.92 Å². The van der Waals surface area contributed by atoms with E-state index in [0.29, 0.717) is 19.8 Å². The molecule has 0 bridgehead atoms. The molecule has 1 unspecified atom stereocenters. The van der Waals surface area contributed by atoms with Crippen molar-refractivity contribution in [2.75, 3.05) is 31.3 Å². The van der Waals surface area contributed by atoms with Gasteiger partial charge in [0.2, 0.25) is 5.95 Å². The minimum absolute atomic E-state index is 0.0336. The fourth-order valence-electron chi connectivity index (χ4n) is 5.23. The lowest BCUT2D eigenvalue weighted by Crippen LogP contribution is -2.41. The summed E-state index contributed by atoms with van der Waals surface area (Å²) in [6, 6.07) is 10.2. The van der Waals surface area contributed by atoms with Crippen molar-refractivity contribution in [1.29, 1.82) is 0 Å². The normalized spacial score (nSPS) is 23.2. The highest BCUT2D eigenvalue weighted by molar-refractivity contribution is 6.24.